The summed E-state index contributed by atoms with van der Waals surface area (Å²) in [5, 5.41) is 0.865. The van der Waals surface area contributed by atoms with Crippen LogP contribution >= 0.6 is 12.2 Å². The Hall–Kier alpha value is -2.61. The standard InChI is InChI=1S/C21H26N4O3S/c1-13-6-3-4-10-24(13)17(26)7-5-11-25-20(27)19-18(23-21(25)29)15-12-14(28-2)8-9-16(15)22-19/h8-9,12-13,22H,3-7,10-11H2,1-2H3,(H,23,29). The normalized spacial score (nSPS) is 17.2. The van der Waals surface area contributed by atoms with Crippen LogP contribution in [0.5, 0.6) is 5.75 Å². The number of H-pyrrole nitrogens is 2. The van der Waals surface area contributed by atoms with Crippen LogP contribution in [0.4, 0.5) is 0 Å². The number of aromatic amines is 2. The maximum Gasteiger partial charge on any atom is 0.278 e. The molecule has 2 aromatic heterocycles. The van der Waals surface area contributed by atoms with Crippen LogP contribution in [0.2, 0.25) is 0 Å². The molecule has 0 spiro atoms. The van der Waals surface area contributed by atoms with Gasteiger partial charge in [-0.25, -0.2) is 0 Å². The third kappa shape index (κ3) is 3.69. The number of piperidine rings is 1. The number of methoxy groups -OCH3 is 1. The Morgan fingerprint density at radius 3 is 2.86 bits per heavy atom. The van der Waals surface area contributed by atoms with Gasteiger partial charge in [0, 0.05) is 36.5 Å². The van der Waals surface area contributed by atoms with Gasteiger partial charge in [0.05, 0.1) is 12.6 Å². The summed E-state index contributed by atoms with van der Waals surface area (Å²) >= 11 is 5.45. The molecular formula is C21H26N4O3S. The zero-order valence-corrected chi connectivity index (χ0v) is 17.6. The molecule has 29 heavy (non-hydrogen) atoms. The molecule has 2 N–H and O–H groups in total. The van der Waals surface area contributed by atoms with Crippen molar-refractivity contribution in [3.8, 4) is 5.75 Å². The van der Waals surface area contributed by atoms with Crippen molar-refractivity contribution in [2.24, 2.45) is 0 Å². The van der Waals surface area contributed by atoms with E-state index in [-0.39, 0.29) is 11.5 Å². The lowest BCUT2D eigenvalue weighted by molar-refractivity contribution is -0.134. The van der Waals surface area contributed by atoms with E-state index in [4.69, 9.17) is 17.0 Å². The number of amides is 1. The molecule has 0 bridgehead atoms. The van der Waals surface area contributed by atoms with E-state index in [1.165, 1.54) is 11.0 Å². The maximum absolute atomic E-state index is 13.0. The molecule has 8 heteroatoms. The number of benzene rings is 1. The monoisotopic (exact) mass is 414 g/mol. The molecule has 0 saturated carbocycles. The van der Waals surface area contributed by atoms with Crippen molar-refractivity contribution in [2.45, 2.75) is 51.6 Å². The highest BCUT2D eigenvalue weighted by Gasteiger charge is 2.22. The Labute approximate surface area is 173 Å². The molecule has 0 radical (unpaired) electrons. The third-order valence-corrected chi connectivity index (χ3v) is 6.16. The number of hydrogen-bond donors (Lipinski definition) is 2. The van der Waals surface area contributed by atoms with E-state index < -0.39 is 0 Å². The van der Waals surface area contributed by atoms with Crippen molar-refractivity contribution in [3.05, 3.63) is 33.3 Å². The molecular weight excluding hydrogens is 388 g/mol. The molecule has 1 aliphatic rings. The van der Waals surface area contributed by atoms with Crippen molar-refractivity contribution in [3.63, 3.8) is 0 Å². The second-order valence-corrected chi connectivity index (χ2v) is 8.10. The molecule has 154 valence electrons. The van der Waals surface area contributed by atoms with Gasteiger partial charge in [0.15, 0.2) is 4.77 Å². The quantitative estimate of drug-likeness (QED) is 0.623. The highest BCUT2D eigenvalue weighted by molar-refractivity contribution is 7.71. The molecule has 1 amide bonds. The van der Waals surface area contributed by atoms with Crippen LogP contribution < -0.4 is 10.3 Å². The lowest BCUT2D eigenvalue weighted by Gasteiger charge is -2.33. The average Bonchev–Trinajstić information content (AvgIpc) is 3.08. The fraction of sp³-hybridized carbons (Fsp3) is 0.476. The van der Waals surface area contributed by atoms with Gasteiger partial charge < -0.3 is 19.6 Å². The van der Waals surface area contributed by atoms with Gasteiger partial charge in [-0.2, -0.15) is 0 Å². The van der Waals surface area contributed by atoms with E-state index >= 15 is 0 Å². The van der Waals surface area contributed by atoms with Gasteiger partial charge in [-0.1, -0.05) is 0 Å². The molecule has 1 aliphatic heterocycles. The summed E-state index contributed by atoms with van der Waals surface area (Å²) in [6, 6.07) is 5.91. The summed E-state index contributed by atoms with van der Waals surface area (Å²) in [6.45, 7) is 3.36. The number of carbonyl (C=O) groups is 1. The number of hydrogen-bond acceptors (Lipinski definition) is 4. The van der Waals surface area contributed by atoms with E-state index in [2.05, 4.69) is 16.9 Å². The number of ether oxygens (including phenoxy) is 1. The molecule has 1 saturated heterocycles. The van der Waals surface area contributed by atoms with Crippen molar-refractivity contribution in [1.29, 1.82) is 0 Å². The van der Waals surface area contributed by atoms with Gasteiger partial charge in [0.1, 0.15) is 11.3 Å². The van der Waals surface area contributed by atoms with Crippen LogP contribution in [0.3, 0.4) is 0 Å². The molecule has 1 unspecified atom stereocenters. The van der Waals surface area contributed by atoms with Crippen LogP contribution in [0.25, 0.3) is 21.9 Å². The van der Waals surface area contributed by atoms with Crippen molar-refractivity contribution < 1.29 is 9.53 Å². The SMILES string of the molecule is COc1ccc2[nH]c3c(=O)n(CCCC(=O)N4CCCCC4C)c(=S)[nH]c3c2c1. The van der Waals surface area contributed by atoms with Crippen LogP contribution in [0, 0.1) is 4.77 Å². The van der Waals surface area contributed by atoms with Gasteiger partial charge >= 0.3 is 0 Å². The van der Waals surface area contributed by atoms with Crippen molar-refractivity contribution in [1.82, 2.24) is 19.4 Å². The maximum atomic E-state index is 13.0. The van der Waals surface area contributed by atoms with E-state index in [9.17, 15) is 9.59 Å². The zero-order chi connectivity index (χ0) is 20.5. The molecule has 3 heterocycles. The van der Waals surface area contributed by atoms with Gasteiger partial charge in [0.2, 0.25) is 5.91 Å². The van der Waals surface area contributed by atoms with Crippen molar-refractivity contribution in [2.75, 3.05) is 13.7 Å². The Morgan fingerprint density at radius 1 is 1.28 bits per heavy atom. The van der Waals surface area contributed by atoms with Gasteiger partial charge in [-0.3, -0.25) is 14.2 Å². The fourth-order valence-corrected chi connectivity index (χ4v) is 4.47. The number of nitrogens with zero attached hydrogens (tertiary/aromatic N) is 2. The number of aromatic nitrogens is 3. The van der Waals surface area contributed by atoms with E-state index in [1.807, 2.05) is 23.1 Å². The Balaban J connectivity index is 1.56. The Kier molecular flexibility index (Phi) is 5.45. The first-order valence-corrected chi connectivity index (χ1v) is 10.5. The first-order chi connectivity index (χ1) is 14.0. The summed E-state index contributed by atoms with van der Waals surface area (Å²) < 4.78 is 7.19. The topological polar surface area (TPSA) is 83.1 Å². The summed E-state index contributed by atoms with van der Waals surface area (Å²) in [5.41, 5.74) is 1.84. The van der Waals surface area contributed by atoms with E-state index in [0.717, 1.165) is 30.3 Å². The first-order valence-electron chi connectivity index (χ1n) is 10.1. The lowest BCUT2D eigenvalue weighted by Crippen LogP contribution is -2.42. The van der Waals surface area contributed by atoms with E-state index in [1.54, 1.807) is 7.11 Å². The van der Waals surface area contributed by atoms with Gasteiger partial charge in [-0.15, -0.1) is 0 Å². The second-order valence-electron chi connectivity index (χ2n) is 7.71. The third-order valence-electron chi connectivity index (χ3n) is 5.84. The smallest absolute Gasteiger partial charge is 0.278 e. The highest BCUT2D eigenvalue weighted by atomic mass is 32.1. The minimum atomic E-state index is -0.169. The number of rotatable bonds is 5. The molecule has 4 rings (SSSR count). The zero-order valence-electron chi connectivity index (χ0n) is 16.8. The largest absolute Gasteiger partial charge is 0.497 e. The number of nitrogens with one attached hydrogen (secondary N) is 2. The molecule has 3 aromatic rings. The minimum Gasteiger partial charge on any atom is -0.497 e. The number of likely N-dealkylation sites (tertiary alicyclic amines) is 1. The minimum absolute atomic E-state index is 0.166. The number of fused-ring (bicyclic) bond motifs is 3. The summed E-state index contributed by atoms with van der Waals surface area (Å²) in [4.78, 5) is 33.9. The predicted molar refractivity (Wildman–Crippen MR) is 116 cm³/mol. The van der Waals surface area contributed by atoms with E-state index in [0.29, 0.717) is 47.0 Å². The number of carbonyl (C=O) groups excluding carboxylic acids is 1. The summed E-state index contributed by atoms with van der Waals surface area (Å²) in [6.07, 6.45) is 4.33. The molecule has 1 fully saturated rings. The first kappa shape index (κ1) is 19.7. The Morgan fingerprint density at radius 2 is 2.10 bits per heavy atom. The van der Waals surface area contributed by atoms with Crippen LogP contribution in [0.15, 0.2) is 23.0 Å². The fourth-order valence-electron chi connectivity index (χ4n) is 4.19. The highest BCUT2D eigenvalue weighted by Crippen LogP contribution is 2.26. The molecule has 7 nitrogen and oxygen atoms in total. The summed E-state index contributed by atoms with van der Waals surface area (Å²) in [7, 11) is 1.61. The van der Waals surface area contributed by atoms with Gasteiger partial charge in [0.25, 0.3) is 5.56 Å². The lowest BCUT2D eigenvalue weighted by atomic mass is 10.0. The van der Waals surface area contributed by atoms with Gasteiger partial charge in [-0.05, 0) is 63.0 Å². The molecule has 1 aromatic carbocycles. The predicted octanol–water partition coefficient (Wildman–Crippen LogP) is 3.73. The van der Waals surface area contributed by atoms with Crippen LogP contribution in [-0.4, -0.2) is 45.0 Å². The second kappa shape index (κ2) is 8.02. The van der Waals surface area contributed by atoms with Crippen molar-refractivity contribution >= 4 is 40.1 Å². The van der Waals surface area contributed by atoms with Crippen LogP contribution in [-0.2, 0) is 11.3 Å². The Bertz CT molecular complexity index is 1180. The molecule has 1 atom stereocenters. The van der Waals surface area contributed by atoms with Crippen LogP contribution in [0.1, 0.15) is 39.0 Å². The summed E-state index contributed by atoms with van der Waals surface area (Å²) in [5.74, 6) is 0.881. The molecule has 0 aliphatic carbocycles. The average molecular weight is 415 g/mol.